The summed E-state index contributed by atoms with van der Waals surface area (Å²) in [5.41, 5.74) is 0. The van der Waals surface area contributed by atoms with Gasteiger partial charge >= 0.3 is 0 Å². The van der Waals surface area contributed by atoms with Gasteiger partial charge in [-0.2, -0.15) is 0 Å². The van der Waals surface area contributed by atoms with Crippen molar-refractivity contribution in [3.63, 3.8) is 0 Å². The molecule has 0 radical (unpaired) electrons. The maximum atomic E-state index is 11.0. The summed E-state index contributed by atoms with van der Waals surface area (Å²) >= 11 is 0. The van der Waals surface area contributed by atoms with Crippen molar-refractivity contribution in [3.8, 4) is 0 Å². The van der Waals surface area contributed by atoms with Gasteiger partial charge in [0.15, 0.2) is 0 Å². The van der Waals surface area contributed by atoms with E-state index in [1.54, 1.807) is 0 Å². The van der Waals surface area contributed by atoms with Crippen LogP contribution in [0, 0.1) is 5.92 Å². The molecule has 1 fully saturated rings. The fourth-order valence-corrected chi connectivity index (χ4v) is 0.981. The van der Waals surface area contributed by atoms with Crippen LogP contribution in [0.1, 0.15) is 26.2 Å². The summed E-state index contributed by atoms with van der Waals surface area (Å²) in [7, 11) is 0. The number of nitrogens with one attached hydrogen (secondary N) is 1. The summed E-state index contributed by atoms with van der Waals surface area (Å²) < 4.78 is 0. The average molecular weight is 141 g/mol. The summed E-state index contributed by atoms with van der Waals surface area (Å²) in [6, 6.07) is 0. The zero-order chi connectivity index (χ0) is 7.40. The van der Waals surface area contributed by atoms with Crippen LogP contribution in [0.15, 0.2) is 0 Å². The monoisotopic (exact) mass is 141 g/mol. The van der Waals surface area contributed by atoms with Gasteiger partial charge < -0.3 is 5.32 Å². The first-order valence-corrected chi connectivity index (χ1v) is 4.05. The van der Waals surface area contributed by atoms with Crippen LogP contribution in [0.2, 0.25) is 0 Å². The Hall–Kier alpha value is -0.370. The summed E-state index contributed by atoms with van der Waals surface area (Å²) in [5.74, 6) is 1.12. The average Bonchev–Trinajstić information content (AvgIpc) is 2.67. The molecule has 2 heteroatoms. The Bertz CT molecular complexity index is 118. The van der Waals surface area contributed by atoms with Crippen molar-refractivity contribution in [1.29, 1.82) is 0 Å². The molecule has 10 heavy (non-hydrogen) atoms. The van der Waals surface area contributed by atoms with E-state index in [1.165, 1.54) is 12.8 Å². The zero-order valence-electron chi connectivity index (χ0n) is 6.52. The predicted octanol–water partition coefficient (Wildman–Crippen LogP) is 0.965. The molecule has 1 aliphatic rings. The molecule has 0 amide bonds. The molecule has 1 aliphatic carbocycles. The maximum absolute atomic E-state index is 11.0. The zero-order valence-corrected chi connectivity index (χ0v) is 6.52. The van der Waals surface area contributed by atoms with E-state index < -0.39 is 0 Å². The number of Topliss-reactive ketones (excluding diaryl/α,β-unsaturated/α-hetero) is 1. The highest BCUT2D eigenvalue weighted by Crippen LogP contribution is 2.32. The van der Waals surface area contributed by atoms with Gasteiger partial charge in [-0.3, -0.25) is 4.79 Å². The van der Waals surface area contributed by atoms with E-state index in [9.17, 15) is 4.79 Å². The van der Waals surface area contributed by atoms with Crippen LogP contribution in [0.5, 0.6) is 0 Å². The highest BCUT2D eigenvalue weighted by molar-refractivity contribution is 5.80. The minimum Gasteiger partial charge on any atom is -0.310 e. The summed E-state index contributed by atoms with van der Waals surface area (Å²) in [6.45, 7) is 3.49. The molecule has 58 valence electrons. The Balaban J connectivity index is 1.97. The van der Waals surface area contributed by atoms with Crippen LogP contribution in [0.3, 0.4) is 0 Å². The Morgan fingerprint density at radius 2 is 2.30 bits per heavy atom. The van der Waals surface area contributed by atoms with E-state index in [1.807, 2.05) is 6.92 Å². The van der Waals surface area contributed by atoms with Gasteiger partial charge in [-0.1, -0.05) is 6.92 Å². The normalized spacial score (nSPS) is 17.3. The third-order valence-corrected chi connectivity index (χ3v) is 1.79. The van der Waals surface area contributed by atoms with E-state index in [0.29, 0.717) is 12.3 Å². The molecular formula is C8H15NO. The van der Waals surface area contributed by atoms with Gasteiger partial charge in [0.2, 0.25) is 0 Å². The van der Waals surface area contributed by atoms with Crippen molar-refractivity contribution < 1.29 is 4.79 Å². The number of hydrogen-bond acceptors (Lipinski definition) is 2. The lowest BCUT2D eigenvalue weighted by Gasteiger charge is -1.98. The fraction of sp³-hybridized carbons (Fsp3) is 0.875. The second-order valence-corrected chi connectivity index (χ2v) is 2.97. The molecule has 1 saturated carbocycles. The minimum absolute atomic E-state index is 0.379. The van der Waals surface area contributed by atoms with Crippen LogP contribution in [0.25, 0.3) is 0 Å². The minimum atomic E-state index is 0.379. The quantitative estimate of drug-likeness (QED) is 0.618. The van der Waals surface area contributed by atoms with E-state index >= 15 is 0 Å². The van der Waals surface area contributed by atoms with Crippen LogP contribution in [-0.4, -0.2) is 18.9 Å². The Labute approximate surface area is 62.0 Å². The van der Waals surface area contributed by atoms with Gasteiger partial charge in [0, 0.05) is 6.42 Å². The summed E-state index contributed by atoms with van der Waals surface area (Å²) in [6.07, 6.45) is 3.36. The van der Waals surface area contributed by atoms with E-state index in [0.717, 1.165) is 18.9 Å². The van der Waals surface area contributed by atoms with Crippen molar-refractivity contribution in [1.82, 2.24) is 5.32 Å². The largest absolute Gasteiger partial charge is 0.310 e. The Kier molecular flexibility index (Phi) is 2.87. The number of rotatable bonds is 5. The van der Waals surface area contributed by atoms with Crippen LogP contribution < -0.4 is 5.32 Å². The Morgan fingerprint density at radius 3 is 2.80 bits per heavy atom. The van der Waals surface area contributed by atoms with E-state index in [-0.39, 0.29) is 0 Å². The molecule has 1 N–H and O–H groups in total. The highest BCUT2D eigenvalue weighted by Gasteiger charge is 2.23. The summed E-state index contributed by atoms with van der Waals surface area (Å²) in [5, 5.41) is 3.03. The molecule has 2 nitrogen and oxygen atoms in total. The lowest BCUT2D eigenvalue weighted by molar-refractivity contribution is -0.118. The first-order valence-electron chi connectivity index (χ1n) is 4.05. The number of carbonyl (C=O) groups excluding carboxylic acids is 1. The number of hydrogen-bond donors (Lipinski definition) is 1. The third kappa shape index (κ3) is 2.97. The lowest BCUT2D eigenvalue weighted by Crippen LogP contribution is -2.22. The summed E-state index contributed by atoms with van der Waals surface area (Å²) in [4.78, 5) is 11.0. The van der Waals surface area contributed by atoms with Gasteiger partial charge in [-0.25, -0.2) is 0 Å². The highest BCUT2D eigenvalue weighted by atomic mass is 16.1. The number of likely N-dealkylation sites (N-methyl/N-ethyl adjacent to an activating group) is 1. The molecule has 0 aromatic rings. The number of carbonyl (C=O) groups is 1. The molecule has 0 unspecified atom stereocenters. The van der Waals surface area contributed by atoms with Gasteiger partial charge in [-0.15, -0.1) is 0 Å². The van der Waals surface area contributed by atoms with E-state index in [4.69, 9.17) is 0 Å². The molecule has 0 aromatic carbocycles. The smallest absolute Gasteiger partial charge is 0.146 e. The van der Waals surface area contributed by atoms with Gasteiger partial charge in [-0.05, 0) is 25.3 Å². The van der Waals surface area contributed by atoms with Crippen molar-refractivity contribution >= 4 is 5.78 Å². The Morgan fingerprint density at radius 1 is 1.60 bits per heavy atom. The van der Waals surface area contributed by atoms with Crippen molar-refractivity contribution in [2.45, 2.75) is 26.2 Å². The molecule has 0 atom stereocenters. The predicted molar refractivity (Wildman–Crippen MR) is 40.9 cm³/mol. The molecule has 0 saturated heterocycles. The molecule has 0 bridgehead atoms. The first-order chi connectivity index (χ1) is 4.83. The molecule has 0 heterocycles. The first kappa shape index (κ1) is 7.73. The topological polar surface area (TPSA) is 29.1 Å². The van der Waals surface area contributed by atoms with Crippen molar-refractivity contribution in [2.24, 2.45) is 5.92 Å². The number of ketones is 1. The van der Waals surface area contributed by atoms with Crippen molar-refractivity contribution in [3.05, 3.63) is 0 Å². The second-order valence-electron chi connectivity index (χ2n) is 2.97. The molecule has 1 rings (SSSR count). The molecule has 0 aliphatic heterocycles. The molecule has 0 aromatic heterocycles. The molecule has 0 spiro atoms. The van der Waals surface area contributed by atoms with Gasteiger partial charge in [0.05, 0.1) is 6.54 Å². The van der Waals surface area contributed by atoms with Gasteiger partial charge in [0.1, 0.15) is 5.78 Å². The second kappa shape index (κ2) is 3.71. The van der Waals surface area contributed by atoms with Crippen LogP contribution >= 0.6 is 0 Å². The standard InChI is InChI=1S/C8H15NO/c1-2-9-6-8(10)5-7-3-4-7/h7,9H,2-6H2,1H3. The maximum Gasteiger partial charge on any atom is 0.146 e. The van der Waals surface area contributed by atoms with Crippen LogP contribution in [-0.2, 0) is 4.79 Å². The SMILES string of the molecule is CCNCC(=O)CC1CC1. The molecular weight excluding hydrogens is 126 g/mol. The van der Waals surface area contributed by atoms with E-state index in [2.05, 4.69) is 5.32 Å². The fourth-order valence-electron chi connectivity index (χ4n) is 0.981. The lowest BCUT2D eigenvalue weighted by atomic mass is 10.2. The van der Waals surface area contributed by atoms with Gasteiger partial charge in [0.25, 0.3) is 0 Å². The van der Waals surface area contributed by atoms with Crippen LogP contribution in [0.4, 0.5) is 0 Å². The van der Waals surface area contributed by atoms with Crippen molar-refractivity contribution in [2.75, 3.05) is 13.1 Å². The third-order valence-electron chi connectivity index (χ3n) is 1.79.